The first-order valence-corrected chi connectivity index (χ1v) is 11.2. The molecule has 2 aliphatic rings. The first kappa shape index (κ1) is 20.8. The molecule has 1 aliphatic heterocycles. The quantitative estimate of drug-likeness (QED) is 0.698. The Balaban J connectivity index is 1.63. The van der Waals surface area contributed by atoms with Crippen molar-refractivity contribution in [3.05, 3.63) is 29.8 Å². The molecule has 1 aromatic carbocycles. The fourth-order valence-corrected chi connectivity index (χ4v) is 5.17. The van der Waals surface area contributed by atoms with Crippen molar-refractivity contribution in [1.82, 2.24) is 9.21 Å². The van der Waals surface area contributed by atoms with Gasteiger partial charge in [-0.05, 0) is 49.8 Å². The Morgan fingerprint density at radius 3 is 2.61 bits per heavy atom. The molecular weight excluding hydrogens is 380 g/mol. The Bertz CT molecular complexity index is 835. The fourth-order valence-electron chi connectivity index (χ4n) is 4.22. The Hall–Kier alpha value is -1.93. The Morgan fingerprint density at radius 2 is 1.86 bits per heavy atom. The lowest BCUT2D eigenvalue weighted by Gasteiger charge is -2.44. The van der Waals surface area contributed by atoms with E-state index in [1.165, 1.54) is 57.6 Å². The van der Waals surface area contributed by atoms with Crippen LogP contribution in [0.4, 0.5) is 0 Å². The van der Waals surface area contributed by atoms with Crippen LogP contribution in [0.3, 0.4) is 0 Å². The van der Waals surface area contributed by atoms with Gasteiger partial charge in [0.2, 0.25) is 10.0 Å². The molecule has 8 heteroatoms. The fraction of sp³-hybridized carbons (Fsp3) is 0.600. The number of ether oxygens (including phenoxy) is 1. The predicted molar refractivity (Wildman–Crippen MR) is 104 cm³/mol. The van der Waals surface area contributed by atoms with E-state index in [9.17, 15) is 18.0 Å². The summed E-state index contributed by atoms with van der Waals surface area (Å²) in [6.07, 6.45) is 6.71. The molecule has 28 heavy (non-hydrogen) atoms. The predicted octanol–water partition coefficient (Wildman–Crippen LogP) is 2.27. The number of carbonyl (C=O) groups excluding carboxylic acids is 2. The summed E-state index contributed by atoms with van der Waals surface area (Å²) in [5, 5.41) is 0. The van der Waals surface area contributed by atoms with Gasteiger partial charge in [-0.1, -0.05) is 18.9 Å². The van der Waals surface area contributed by atoms with Crippen LogP contribution in [0.25, 0.3) is 0 Å². The van der Waals surface area contributed by atoms with E-state index < -0.39 is 16.0 Å². The van der Waals surface area contributed by atoms with Crippen molar-refractivity contribution in [2.75, 3.05) is 27.2 Å². The third kappa shape index (κ3) is 4.38. The van der Waals surface area contributed by atoms with Gasteiger partial charge in [0.05, 0.1) is 10.5 Å². The molecule has 2 fully saturated rings. The maximum atomic E-state index is 12.7. The number of sulfonamides is 1. The van der Waals surface area contributed by atoms with Crippen molar-refractivity contribution < 1.29 is 22.7 Å². The van der Waals surface area contributed by atoms with E-state index in [0.717, 1.165) is 23.6 Å². The monoisotopic (exact) mass is 408 g/mol. The average molecular weight is 409 g/mol. The Morgan fingerprint density at radius 1 is 1.14 bits per heavy atom. The minimum Gasteiger partial charge on any atom is -0.452 e. The highest BCUT2D eigenvalue weighted by atomic mass is 32.2. The number of likely N-dealkylation sites (tertiary alicyclic amines) is 1. The molecular formula is C20H28N2O5S. The van der Waals surface area contributed by atoms with Crippen LogP contribution in [0.15, 0.2) is 29.2 Å². The first-order chi connectivity index (χ1) is 13.3. The molecule has 1 amide bonds. The number of amides is 1. The van der Waals surface area contributed by atoms with E-state index in [-0.39, 0.29) is 29.0 Å². The summed E-state index contributed by atoms with van der Waals surface area (Å²) in [5.74, 6) is -0.293. The smallest absolute Gasteiger partial charge is 0.338 e. The molecule has 2 atom stereocenters. The number of rotatable bonds is 5. The lowest BCUT2D eigenvalue weighted by Crippen LogP contribution is -2.50. The van der Waals surface area contributed by atoms with Gasteiger partial charge in [0.25, 0.3) is 5.91 Å². The first-order valence-electron chi connectivity index (χ1n) is 9.80. The zero-order valence-electron chi connectivity index (χ0n) is 16.5. The Labute approximate surface area is 166 Å². The van der Waals surface area contributed by atoms with Crippen LogP contribution in [0.1, 0.15) is 48.9 Å². The molecule has 0 radical (unpaired) electrons. The molecule has 7 nitrogen and oxygen atoms in total. The average Bonchev–Trinajstić information content (AvgIpc) is 2.71. The van der Waals surface area contributed by atoms with Crippen molar-refractivity contribution >= 4 is 21.9 Å². The number of esters is 1. The lowest BCUT2D eigenvalue weighted by atomic mass is 9.78. The van der Waals surface area contributed by atoms with E-state index in [1.54, 1.807) is 0 Å². The van der Waals surface area contributed by atoms with Crippen LogP contribution in [0.2, 0.25) is 0 Å². The van der Waals surface area contributed by atoms with Crippen LogP contribution in [-0.2, 0) is 19.6 Å². The van der Waals surface area contributed by atoms with E-state index in [1.807, 2.05) is 4.90 Å². The summed E-state index contributed by atoms with van der Waals surface area (Å²) in [5.41, 5.74) is 0.116. The minimum absolute atomic E-state index is 0.0133. The van der Waals surface area contributed by atoms with Crippen molar-refractivity contribution in [2.24, 2.45) is 5.92 Å². The normalized spacial score (nSPS) is 22.6. The summed E-state index contributed by atoms with van der Waals surface area (Å²) >= 11 is 0. The third-order valence-corrected chi connectivity index (χ3v) is 7.55. The van der Waals surface area contributed by atoms with E-state index in [2.05, 4.69) is 0 Å². The number of carbonyl (C=O) groups is 2. The van der Waals surface area contributed by atoms with Gasteiger partial charge in [0.15, 0.2) is 6.61 Å². The lowest BCUT2D eigenvalue weighted by molar-refractivity contribution is -0.140. The maximum Gasteiger partial charge on any atom is 0.338 e. The molecule has 154 valence electrons. The van der Waals surface area contributed by atoms with Gasteiger partial charge in [-0.3, -0.25) is 4.79 Å². The number of benzene rings is 1. The highest BCUT2D eigenvalue weighted by Crippen LogP contribution is 2.35. The number of fused-ring (bicyclic) bond motifs is 1. The van der Waals surface area contributed by atoms with Gasteiger partial charge >= 0.3 is 5.97 Å². The molecule has 0 unspecified atom stereocenters. The summed E-state index contributed by atoms with van der Waals surface area (Å²) in [7, 11) is -0.791. The van der Waals surface area contributed by atoms with Gasteiger partial charge < -0.3 is 9.64 Å². The van der Waals surface area contributed by atoms with Crippen LogP contribution in [0.5, 0.6) is 0 Å². The minimum atomic E-state index is -3.64. The number of piperidine rings is 1. The largest absolute Gasteiger partial charge is 0.452 e. The van der Waals surface area contributed by atoms with Crippen molar-refractivity contribution in [2.45, 2.75) is 49.5 Å². The van der Waals surface area contributed by atoms with Crippen LogP contribution < -0.4 is 0 Å². The molecule has 1 saturated heterocycles. The van der Waals surface area contributed by atoms with Crippen molar-refractivity contribution in [1.29, 1.82) is 0 Å². The molecule has 3 rings (SSSR count). The number of nitrogens with zero attached hydrogens (tertiary/aromatic N) is 2. The summed E-state index contributed by atoms with van der Waals surface area (Å²) in [6.45, 7) is 0.404. The van der Waals surface area contributed by atoms with Gasteiger partial charge in [-0.25, -0.2) is 17.5 Å². The molecule has 0 N–H and O–H groups in total. The van der Waals surface area contributed by atoms with Gasteiger partial charge in [-0.2, -0.15) is 0 Å². The molecule has 1 heterocycles. The molecule has 0 bridgehead atoms. The SMILES string of the molecule is CN(C)S(=O)(=O)c1cccc(C(=O)OCC(=O)N2CCC[C@H]3CCCC[C@@H]32)c1. The van der Waals surface area contributed by atoms with Gasteiger partial charge in [-0.15, -0.1) is 0 Å². The number of hydrogen-bond donors (Lipinski definition) is 0. The zero-order valence-corrected chi connectivity index (χ0v) is 17.3. The Kier molecular flexibility index (Phi) is 6.40. The third-order valence-electron chi connectivity index (χ3n) is 5.74. The molecule has 1 aromatic rings. The van der Waals surface area contributed by atoms with Gasteiger partial charge in [0.1, 0.15) is 0 Å². The second-order valence-electron chi connectivity index (χ2n) is 7.73. The summed E-state index contributed by atoms with van der Waals surface area (Å²) in [6, 6.07) is 5.95. The highest BCUT2D eigenvalue weighted by Gasteiger charge is 2.35. The standard InChI is InChI=1S/C20H28N2O5S/c1-21(2)28(25,26)17-10-5-8-16(13-17)20(24)27-14-19(23)22-12-6-9-15-7-3-4-11-18(15)22/h5,8,10,13,15,18H,3-4,6-7,9,11-12,14H2,1-2H3/t15-,18+/m1/s1. The second kappa shape index (κ2) is 8.61. The van der Waals surface area contributed by atoms with Crippen molar-refractivity contribution in [3.63, 3.8) is 0 Å². The summed E-state index contributed by atoms with van der Waals surface area (Å²) in [4.78, 5) is 26.9. The summed E-state index contributed by atoms with van der Waals surface area (Å²) < 4.78 is 30.7. The second-order valence-corrected chi connectivity index (χ2v) is 9.88. The van der Waals surface area contributed by atoms with Crippen LogP contribution >= 0.6 is 0 Å². The van der Waals surface area contributed by atoms with Crippen molar-refractivity contribution in [3.8, 4) is 0 Å². The molecule has 0 spiro atoms. The van der Waals surface area contributed by atoms with Crippen LogP contribution in [0, 0.1) is 5.92 Å². The van der Waals surface area contributed by atoms with Gasteiger partial charge in [0, 0.05) is 26.7 Å². The molecule has 1 aliphatic carbocycles. The van der Waals surface area contributed by atoms with E-state index in [0.29, 0.717) is 12.5 Å². The zero-order chi connectivity index (χ0) is 20.3. The number of hydrogen-bond acceptors (Lipinski definition) is 5. The van der Waals surface area contributed by atoms with Crippen LogP contribution in [-0.4, -0.2) is 62.8 Å². The topological polar surface area (TPSA) is 84.0 Å². The molecule has 1 saturated carbocycles. The van der Waals surface area contributed by atoms with E-state index in [4.69, 9.17) is 4.74 Å². The van der Waals surface area contributed by atoms with E-state index >= 15 is 0 Å². The molecule has 0 aromatic heterocycles. The highest BCUT2D eigenvalue weighted by molar-refractivity contribution is 7.89. The maximum absolute atomic E-state index is 12.7.